The fraction of sp³-hybridized carbons (Fsp3) is 0.647. The predicted octanol–water partition coefficient (Wildman–Crippen LogP) is 1.94. The van der Waals surface area contributed by atoms with Crippen LogP contribution in [0.5, 0.6) is 0 Å². The third kappa shape index (κ3) is 3.44. The first-order valence-electron chi connectivity index (χ1n) is 8.77. The van der Waals surface area contributed by atoms with Crippen molar-refractivity contribution in [1.82, 2.24) is 25.2 Å². The Morgan fingerprint density at radius 2 is 2.00 bits per heavy atom. The number of amides is 1. The molecule has 1 aliphatic heterocycles. The fourth-order valence-corrected chi connectivity index (χ4v) is 3.33. The molecule has 3 N–H and O–H groups in total. The number of hydrogen-bond acceptors (Lipinski definition) is 6. The number of piperidine rings is 1. The minimum atomic E-state index is -0.675. The Morgan fingerprint density at radius 3 is 2.52 bits per heavy atom. The van der Waals surface area contributed by atoms with Crippen molar-refractivity contribution in [2.75, 3.05) is 13.1 Å². The Labute approximate surface area is 147 Å². The summed E-state index contributed by atoms with van der Waals surface area (Å²) in [7, 11) is 0. The molecular weight excluding hydrogens is 320 g/mol. The summed E-state index contributed by atoms with van der Waals surface area (Å²) >= 11 is 0. The van der Waals surface area contributed by atoms with E-state index in [0.29, 0.717) is 19.0 Å². The van der Waals surface area contributed by atoms with Crippen molar-refractivity contribution in [2.24, 2.45) is 5.73 Å². The smallest absolute Gasteiger partial charge is 0.244 e. The lowest BCUT2D eigenvalue weighted by molar-refractivity contribution is -0.133. The molecule has 0 aliphatic carbocycles. The summed E-state index contributed by atoms with van der Waals surface area (Å²) in [5.41, 5.74) is 8.63. The second-order valence-electron chi connectivity index (χ2n) is 7.07. The van der Waals surface area contributed by atoms with Gasteiger partial charge >= 0.3 is 0 Å². The van der Waals surface area contributed by atoms with E-state index in [1.165, 1.54) is 0 Å². The van der Waals surface area contributed by atoms with E-state index in [2.05, 4.69) is 20.3 Å². The maximum absolute atomic E-state index is 12.7. The SMILES string of the molecule is Cc1n[nH]c(C)c1[C@@H](N)C(=O)N1CCC(c2nc(C(C)C)no2)CC1. The third-order valence-corrected chi connectivity index (χ3v) is 4.89. The fourth-order valence-electron chi connectivity index (χ4n) is 3.33. The van der Waals surface area contributed by atoms with Crippen molar-refractivity contribution in [2.45, 2.75) is 58.4 Å². The average Bonchev–Trinajstić information content (AvgIpc) is 3.21. The number of aromatic amines is 1. The molecule has 0 unspecified atom stereocenters. The summed E-state index contributed by atoms with van der Waals surface area (Å²) in [6.07, 6.45) is 1.61. The number of hydrogen-bond donors (Lipinski definition) is 2. The van der Waals surface area contributed by atoms with Gasteiger partial charge in [-0.1, -0.05) is 19.0 Å². The van der Waals surface area contributed by atoms with Gasteiger partial charge in [-0.05, 0) is 26.7 Å². The monoisotopic (exact) mass is 346 g/mol. The van der Waals surface area contributed by atoms with Gasteiger partial charge in [0.15, 0.2) is 5.82 Å². The number of nitrogens with two attached hydrogens (primary N) is 1. The summed E-state index contributed by atoms with van der Waals surface area (Å²) in [6, 6.07) is -0.675. The van der Waals surface area contributed by atoms with E-state index in [-0.39, 0.29) is 17.7 Å². The van der Waals surface area contributed by atoms with Gasteiger partial charge in [0.2, 0.25) is 11.8 Å². The molecule has 1 saturated heterocycles. The average molecular weight is 346 g/mol. The molecule has 2 aromatic heterocycles. The van der Waals surface area contributed by atoms with Crippen LogP contribution in [0.3, 0.4) is 0 Å². The number of aryl methyl sites for hydroxylation is 2. The maximum Gasteiger partial charge on any atom is 0.244 e. The van der Waals surface area contributed by atoms with Gasteiger partial charge in [-0.15, -0.1) is 0 Å². The Bertz CT molecular complexity index is 723. The summed E-state index contributed by atoms with van der Waals surface area (Å²) < 4.78 is 5.40. The molecule has 8 heteroatoms. The highest BCUT2D eigenvalue weighted by Crippen LogP contribution is 2.29. The molecule has 1 amide bonds. The largest absolute Gasteiger partial charge is 0.341 e. The van der Waals surface area contributed by atoms with Crippen molar-refractivity contribution in [3.05, 3.63) is 28.7 Å². The van der Waals surface area contributed by atoms with Crippen LogP contribution in [0.4, 0.5) is 0 Å². The van der Waals surface area contributed by atoms with Gasteiger partial charge in [-0.25, -0.2) is 0 Å². The van der Waals surface area contributed by atoms with Crippen LogP contribution in [0, 0.1) is 13.8 Å². The number of H-pyrrole nitrogens is 1. The standard InChI is InChI=1S/C17H26N6O2/c1-9(2)15-19-16(25-22-15)12-5-7-23(8-6-12)17(24)14(18)13-10(3)20-21-11(13)4/h9,12,14H,5-8,18H2,1-4H3,(H,20,21)/t14-/m1/s1. The molecule has 136 valence electrons. The maximum atomic E-state index is 12.7. The zero-order chi connectivity index (χ0) is 18.1. The van der Waals surface area contributed by atoms with Crippen LogP contribution in [-0.2, 0) is 4.79 Å². The van der Waals surface area contributed by atoms with Crippen molar-refractivity contribution < 1.29 is 9.32 Å². The number of rotatable bonds is 4. The van der Waals surface area contributed by atoms with Crippen molar-refractivity contribution in [3.63, 3.8) is 0 Å². The van der Waals surface area contributed by atoms with Crippen LogP contribution in [-0.4, -0.2) is 44.2 Å². The molecule has 0 aromatic carbocycles. The molecule has 8 nitrogen and oxygen atoms in total. The third-order valence-electron chi connectivity index (χ3n) is 4.89. The van der Waals surface area contributed by atoms with E-state index < -0.39 is 6.04 Å². The summed E-state index contributed by atoms with van der Waals surface area (Å²) in [4.78, 5) is 19.1. The molecule has 1 atom stereocenters. The van der Waals surface area contributed by atoms with Gasteiger partial charge < -0.3 is 15.2 Å². The zero-order valence-corrected chi connectivity index (χ0v) is 15.2. The molecule has 25 heavy (non-hydrogen) atoms. The molecule has 1 aliphatic rings. The van der Waals surface area contributed by atoms with E-state index >= 15 is 0 Å². The van der Waals surface area contributed by atoms with Crippen molar-refractivity contribution >= 4 is 5.91 Å². The number of carbonyl (C=O) groups excluding carboxylic acids is 1. The molecule has 0 spiro atoms. The second-order valence-corrected chi connectivity index (χ2v) is 7.07. The van der Waals surface area contributed by atoms with Gasteiger partial charge in [0.25, 0.3) is 0 Å². The minimum Gasteiger partial charge on any atom is -0.341 e. The van der Waals surface area contributed by atoms with Crippen LogP contribution in [0.25, 0.3) is 0 Å². The van der Waals surface area contributed by atoms with E-state index in [1.54, 1.807) is 0 Å². The van der Waals surface area contributed by atoms with E-state index in [4.69, 9.17) is 10.3 Å². The van der Waals surface area contributed by atoms with Crippen molar-refractivity contribution in [3.8, 4) is 0 Å². The summed E-state index contributed by atoms with van der Waals surface area (Å²) in [5.74, 6) is 1.82. The first-order chi connectivity index (χ1) is 11.9. The lowest BCUT2D eigenvalue weighted by Crippen LogP contribution is -2.43. The predicted molar refractivity (Wildman–Crippen MR) is 91.9 cm³/mol. The highest BCUT2D eigenvalue weighted by Gasteiger charge is 2.31. The van der Waals surface area contributed by atoms with Gasteiger partial charge in [0.1, 0.15) is 6.04 Å². The quantitative estimate of drug-likeness (QED) is 0.874. The highest BCUT2D eigenvalue weighted by atomic mass is 16.5. The van der Waals surface area contributed by atoms with Crippen LogP contribution in [0.1, 0.15) is 73.2 Å². The van der Waals surface area contributed by atoms with Gasteiger partial charge in [0, 0.05) is 36.2 Å². The van der Waals surface area contributed by atoms with E-state index in [1.807, 2.05) is 32.6 Å². The van der Waals surface area contributed by atoms with E-state index in [9.17, 15) is 4.79 Å². The van der Waals surface area contributed by atoms with Gasteiger partial charge in [-0.3, -0.25) is 9.89 Å². The molecule has 0 bridgehead atoms. The van der Waals surface area contributed by atoms with Crippen LogP contribution < -0.4 is 5.73 Å². The van der Waals surface area contributed by atoms with Crippen LogP contribution >= 0.6 is 0 Å². The highest BCUT2D eigenvalue weighted by molar-refractivity contribution is 5.83. The number of carbonyl (C=O) groups is 1. The number of nitrogens with zero attached hydrogens (tertiary/aromatic N) is 4. The summed E-state index contributed by atoms with van der Waals surface area (Å²) in [6.45, 7) is 9.12. The van der Waals surface area contributed by atoms with Crippen LogP contribution in [0.15, 0.2) is 4.52 Å². The minimum absolute atomic E-state index is 0.0561. The molecule has 3 heterocycles. The molecule has 2 aromatic rings. The normalized spacial score (nSPS) is 17.3. The zero-order valence-electron chi connectivity index (χ0n) is 15.2. The first-order valence-corrected chi connectivity index (χ1v) is 8.77. The molecule has 0 saturated carbocycles. The Kier molecular flexibility index (Phi) is 4.89. The lowest BCUT2D eigenvalue weighted by atomic mass is 9.95. The molecule has 3 rings (SSSR count). The summed E-state index contributed by atoms with van der Waals surface area (Å²) in [5, 5.41) is 11.0. The Morgan fingerprint density at radius 1 is 1.32 bits per heavy atom. The Balaban J connectivity index is 1.62. The van der Waals surface area contributed by atoms with Gasteiger partial charge in [-0.2, -0.15) is 10.1 Å². The lowest BCUT2D eigenvalue weighted by Gasteiger charge is -2.32. The van der Waals surface area contributed by atoms with Gasteiger partial charge in [0.05, 0.1) is 5.69 Å². The first kappa shape index (κ1) is 17.6. The van der Waals surface area contributed by atoms with E-state index in [0.717, 1.165) is 35.6 Å². The molecular formula is C17H26N6O2. The topological polar surface area (TPSA) is 114 Å². The Hall–Kier alpha value is -2.22. The molecule has 0 radical (unpaired) electrons. The molecule has 1 fully saturated rings. The number of nitrogens with one attached hydrogen (secondary N) is 1. The number of likely N-dealkylation sites (tertiary alicyclic amines) is 1. The van der Waals surface area contributed by atoms with Crippen molar-refractivity contribution in [1.29, 1.82) is 0 Å². The van der Waals surface area contributed by atoms with Crippen LogP contribution in [0.2, 0.25) is 0 Å². The second kappa shape index (κ2) is 6.95. The number of aromatic nitrogens is 4.